The topological polar surface area (TPSA) is 58.2 Å². The Balaban J connectivity index is 1.89. The zero-order valence-corrected chi connectivity index (χ0v) is 15.2. The van der Waals surface area contributed by atoms with Crippen molar-refractivity contribution in [3.63, 3.8) is 0 Å². The number of hydrogen-bond acceptors (Lipinski definition) is 2. The zero-order valence-electron chi connectivity index (χ0n) is 15.2. The molecule has 0 saturated heterocycles. The maximum Gasteiger partial charge on any atom is 0.319 e. The van der Waals surface area contributed by atoms with Crippen LogP contribution in [-0.4, -0.2) is 18.4 Å². The third-order valence-corrected chi connectivity index (χ3v) is 4.25. The number of nitrogens with one attached hydrogen (secondary N) is 2. The van der Waals surface area contributed by atoms with Gasteiger partial charge in [-0.15, -0.1) is 0 Å². The minimum absolute atomic E-state index is 0.0310. The lowest BCUT2D eigenvalue weighted by molar-refractivity contribution is 0.0983. The van der Waals surface area contributed by atoms with Gasteiger partial charge in [-0.05, 0) is 30.9 Å². The van der Waals surface area contributed by atoms with Crippen molar-refractivity contribution in [2.75, 3.05) is 11.9 Å². The van der Waals surface area contributed by atoms with Crippen LogP contribution in [0.5, 0.6) is 0 Å². The molecule has 0 aliphatic rings. The third kappa shape index (κ3) is 5.18. The van der Waals surface area contributed by atoms with Gasteiger partial charge in [-0.1, -0.05) is 61.9 Å². The molecule has 0 bridgehead atoms. The van der Waals surface area contributed by atoms with Crippen molar-refractivity contribution >= 4 is 17.5 Å². The van der Waals surface area contributed by atoms with Gasteiger partial charge in [0.2, 0.25) is 0 Å². The van der Waals surface area contributed by atoms with Crippen LogP contribution in [0.2, 0.25) is 0 Å². The van der Waals surface area contributed by atoms with Crippen LogP contribution in [0.3, 0.4) is 0 Å². The Morgan fingerprint density at radius 3 is 2.08 bits per heavy atom. The fourth-order valence-corrected chi connectivity index (χ4v) is 2.73. The summed E-state index contributed by atoms with van der Waals surface area (Å²) in [5.41, 5.74) is 4.91. The second-order valence-corrected chi connectivity index (χ2v) is 6.08. The van der Waals surface area contributed by atoms with E-state index in [2.05, 4.69) is 24.5 Å². The molecule has 0 spiro atoms. The number of rotatable bonds is 7. The first-order chi connectivity index (χ1) is 12.0. The predicted molar refractivity (Wildman–Crippen MR) is 102 cm³/mol. The zero-order chi connectivity index (χ0) is 18.2. The predicted octanol–water partition coefficient (Wildman–Crippen LogP) is 4.51. The fraction of sp³-hybridized carbons (Fsp3) is 0.333. The number of benzene rings is 2. The molecule has 0 aliphatic heterocycles. The average Bonchev–Trinajstić information content (AvgIpc) is 2.62. The Hall–Kier alpha value is -2.62. The lowest BCUT2D eigenvalue weighted by Crippen LogP contribution is -2.31. The first-order valence-electron chi connectivity index (χ1n) is 8.80. The summed E-state index contributed by atoms with van der Waals surface area (Å²) < 4.78 is 0. The molecule has 0 aliphatic carbocycles. The Bertz CT molecular complexity index is 714. The summed E-state index contributed by atoms with van der Waals surface area (Å²) >= 11 is 0. The molecule has 0 heterocycles. The van der Waals surface area contributed by atoms with Crippen molar-refractivity contribution in [1.29, 1.82) is 0 Å². The van der Waals surface area contributed by atoms with Gasteiger partial charge in [-0.25, -0.2) is 4.79 Å². The highest BCUT2D eigenvalue weighted by atomic mass is 16.2. The summed E-state index contributed by atoms with van der Waals surface area (Å²) in [5.74, 6) is 0.0310. The second kappa shape index (κ2) is 9.02. The first-order valence-corrected chi connectivity index (χ1v) is 8.80. The minimum Gasteiger partial charge on any atom is -0.337 e. The number of carbonyl (C=O) groups excluding carboxylic acids is 2. The fourth-order valence-electron chi connectivity index (χ4n) is 2.73. The molecule has 0 radical (unpaired) electrons. The van der Waals surface area contributed by atoms with Crippen molar-refractivity contribution < 1.29 is 9.59 Å². The molecule has 0 fully saturated rings. The molecule has 4 nitrogen and oxygen atoms in total. The van der Waals surface area contributed by atoms with Gasteiger partial charge >= 0.3 is 6.03 Å². The van der Waals surface area contributed by atoms with Crippen LogP contribution in [-0.2, 0) is 12.8 Å². The maximum absolute atomic E-state index is 12.2. The van der Waals surface area contributed by atoms with E-state index in [1.54, 1.807) is 0 Å². The van der Waals surface area contributed by atoms with E-state index in [1.165, 1.54) is 0 Å². The van der Waals surface area contributed by atoms with Crippen LogP contribution in [0, 0.1) is 6.92 Å². The molecule has 2 amide bonds. The van der Waals surface area contributed by atoms with Crippen LogP contribution < -0.4 is 10.6 Å². The number of amides is 2. The Morgan fingerprint density at radius 1 is 0.920 bits per heavy atom. The second-order valence-electron chi connectivity index (χ2n) is 6.08. The normalized spacial score (nSPS) is 10.4. The van der Waals surface area contributed by atoms with E-state index in [0.717, 1.165) is 35.2 Å². The molecule has 132 valence electrons. The smallest absolute Gasteiger partial charge is 0.319 e. The molecule has 0 unspecified atom stereocenters. The molecule has 0 saturated carbocycles. The lowest BCUT2D eigenvalue weighted by Gasteiger charge is -2.15. The molecule has 4 heteroatoms. The number of hydrogen-bond donors (Lipinski definition) is 2. The average molecular weight is 338 g/mol. The van der Waals surface area contributed by atoms with E-state index in [0.29, 0.717) is 12.1 Å². The van der Waals surface area contributed by atoms with E-state index < -0.39 is 0 Å². The highest BCUT2D eigenvalue weighted by Gasteiger charge is 2.11. The number of aryl methyl sites for hydroxylation is 3. The summed E-state index contributed by atoms with van der Waals surface area (Å²) in [7, 11) is 0. The minimum atomic E-state index is -0.271. The van der Waals surface area contributed by atoms with E-state index in [-0.39, 0.29) is 18.2 Å². The molecule has 2 rings (SSSR count). The highest BCUT2D eigenvalue weighted by Crippen LogP contribution is 2.22. The molecule has 2 aromatic carbocycles. The monoisotopic (exact) mass is 338 g/mol. The molecular weight excluding hydrogens is 312 g/mol. The summed E-state index contributed by atoms with van der Waals surface area (Å²) in [5, 5.41) is 5.72. The van der Waals surface area contributed by atoms with E-state index in [9.17, 15) is 9.59 Å². The number of anilines is 1. The van der Waals surface area contributed by atoms with Gasteiger partial charge < -0.3 is 10.6 Å². The van der Waals surface area contributed by atoms with E-state index in [4.69, 9.17) is 0 Å². The summed E-state index contributed by atoms with van der Waals surface area (Å²) in [4.78, 5) is 24.3. The number of para-hydroxylation sites is 1. The van der Waals surface area contributed by atoms with Gasteiger partial charge in [-0.2, -0.15) is 0 Å². The number of urea groups is 1. The molecule has 2 aromatic rings. The van der Waals surface area contributed by atoms with Crippen LogP contribution in [0.15, 0.2) is 42.5 Å². The first kappa shape index (κ1) is 18.7. The van der Waals surface area contributed by atoms with Crippen molar-refractivity contribution in [3.05, 3.63) is 64.7 Å². The number of ketones is 1. The quantitative estimate of drug-likeness (QED) is 0.730. The highest BCUT2D eigenvalue weighted by molar-refractivity contribution is 5.97. The van der Waals surface area contributed by atoms with Crippen molar-refractivity contribution in [1.82, 2.24) is 5.32 Å². The van der Waals surface area contributed by atoms with Crippen LogP contribution in [0.25, 0.3) is 0 Å². The van der Waals surface area contributed by atoms with Gasteiger partial charge in [0.05, 0.1) is 0 Å². The summed E-state index contributed by atoms with van der Waals surface area (Å²) in [6, 6.07) is 13.3. The van der Waals surface area contributed by atoms with Crippen LogP contribution >= 0.6 is 0 Å². The van der Waals surface area contributed by atoms with Gasteiger partial charge in [0, 0.05) is 24.2 Å². The third-order valence-electron chi connectivity index (χ3n) is 4.25. The molecular formula is C21H26N2O2. The largest absolute Gasteiger partial charge is 0.337 e. The standard InChI is InChI=1S/C21H26N2O2/c1-4-16-7-6-8-17(5-2)20(16)23-21(25)22-14-13-19(24)18-11-9-15(3)10-12-18/h6-12H,4-5,13-14H2,1-3H3,(H2,22,23,25). The van der Waals surface area contributed by atoms with Crippen molar-refractivity contribution in [2.24, 2.45) is 0 Å². The van der Waals surface area contributed by atoms with Gasteiger partial charge in [0.15, 0.2) is 5.78 Å². The van der Waals surface area contributed by atoms with Crippen LogP contribution in [0.1, 0.15) is 47.3 Å². The molecule has 0 atom stereocenters. The summed E-state index contributed by atoms with van der Waals surface area (Å²) in [6.07, 6.45) is 2.00. The maximum atomic E-state index is 12.2. The Labute approximate surface area is 149 Å². The van der Waals surface area contributed by atoms with Crippen LogP contribution in [0.4, 0.5) is 10.5 Å². The van der Waals surface area contributed by atoms with E-state index >= 15 is 0 Å². The number of carbonyl (C=O) groups is 2. The van der Waals surface area contributed by atoms with Gasteiger partial charge in [0.25, 0.3) is 0 Å². The van der Waals surface area contributed by atoms with Crippen molar-refractivity contribution in [2.45, 2.75) is 40.0 Å². The Kier molecular flexibility index (Phi) is 6.75. The molecule has 2 N–H and O–H groups in total. The van der Waals surface area contributed by atoms with E-state index in [1.807, 2.05) is 49.4 Å². The van der Waals surface area contributed by atoms with Gasteiger partial charge in [0.1, 0.15) is 0 Å². The lowest BCUT2D eigenvalue weighted by atomic mass is 10.0. The SMILES string of the molecule is CCc1cccc(CC)c1NC(=O)NCCC(=O)c1ccc(C)cc1. The number of Topliss-reactive ketones (excluding diaryl/α,β-unsaturated/α-hetero) is 1. The Morgan fingerprint density at radius 2 is 1.52 bits per heavy atom. The summed E-state index contributed by atoms with van der Waals surface area (Å²) in [6.45, 7) is 6.43. The van der Waals surface area contributed by atoms with Gasteiger partial charge in [-0.3, -0.25) is 4.79 Å². The molecule has 25 heavy (non-hydrogen) atoms. The van der Waals surface area contributed by atoms with Crippen molar-refractivity contribution in [3.8, 4) is 0 Å². The molecule has 0 aromatic heterocycles.